The molecule has 0 saturated carbocycles. The van der Waals surface area contributed by atoms with Crippen molar-refractivity contribution in [1.29, 1.82) is 0 Å². The minimum absolute atomic E-state index is 0.0543. The molecule has 0 unspecified atom stereocenters. The monoisotopic (exact) mass is 265 g/mol. The minimum Gasteiger partial charge on any atom is -0.394 e. The van der Waals surface area contributed by atoms with Crippen molar-refractivity contribution >= 4 is 11.2 Å². The Morgan fingerprint density at radius 2 is 2.37 bits per heavy atom. The summed E-state index contributed by atoms with van der Waals surface area (Å²) in [6, 6.07) is -0.881. The second kappa shape index (κ2) is 5.48. The van der Waals surface area contributed by atoms with Crippen LogP contribution in [-0.4, -0.2) is 48.5 Å². The molecule has 0 amide bonds. The largest absolute Gasteiger partial charge is 0.394 e. The second-order valence-corrected chi connectivity index (χ2v) is 3.82. The predicted octanol–water partition coefficient (Wildman–Crippen LogP) is -0.848. The summed E-state index contributed by atoms with van der Waals surface area (Å²) in [7, 11) is 0. The van der Waals surface area contributed by atoms with Crippen LogP contribution in [0.1, 0.15) is 0 Å². The van der Waals surface area contributed by atoms with E-state index in [0.29, 0.717) is 5.65 Å². The molecular formula is C9H11N7O3. The van der Waals surface area contributed by atoms with Gasteiger partial charge in [-0.05, 0) is 5.53 Å². The van der Waals surface area contributed by atoms with E-state index in [9.17, 15) is 9.90 Å². The van der Waals surface area contributed by atoms with Crippen LogP contribution in [0.25, 0.3) is 21.6 Å². The van der Waals surface area contributed by atoms with Crippen LogP contribution >= 0.6 is 0 Å². The summed E-state index contributed by atoms with van der Waals surface area (Å²) in [5.41, 5.74) is 8.52. The lowest BCUT2D eigenvalue weighted by Gasteiger charge is -2.16. The standard InChI is InChI=1S/C9H11N7O3/c10-15-14-5(6(18)2-17)1-16-4-13-7-8(16)11-3-12-9(7)19/h3-6,17-18H,1-2H2,(H,11,12,19)/t5-,6+/m0/s1. The zero-order valence-corrected chi connectivity index (χ0v) is 9.71. The van der Waals surface area contributed by atoms with Crippen LogP contribution in [0, 0.1) is 0 Å². The molecule has 0 aliphatic rings. The van der Waals surface area contributed by atoms with Crippen LogP contribution in [0.4, 0.5) is 0 Å². The molecular weight excluding hydrogens is 254 g/mol. The van der Waals surface area contributed by atoms with E-state index in [2.05, 4.69) is 25.0 Å². The molecule has 0 saturated heterocycles. The number of azide groups is 1. The predicted molar refractivity (Wildman–Crippen MR) is 64.2 cm³/mol. The number of aromatic amines is 1. The van der Waals surface area contributed by atoms with Crippen molar-refractivity contribution in [3.8, 4) is 0 Å². The van der Waals surface area contributed by atoms with Gasteiger partial charge >= 0.3 is 0 Å². The van der Waals surface area contributed by atoms with E-state index in [-0.39, 0.29) is 17.6 Å². The van der Waals surface area contributed by atoms with Crippen LogP contribution in [0.5, 0.6) is 0 Å². The van der Waals surface area contributed by atoms with Crippen molar-refractivity contribution in [2.45, 2.75) is 18.7 Å². The molecule has 0 aliphatic carbocycles. The Kier molecular flexibility index (Phi) is 3.76. The molecule has 19 heavy (non-hydrogen) atoms. The average Bonchev–Trinajstić information content (AvgIpc) is 2.82. The minimum atomic E-state index is -1.20. The number of aromatic nitrogens is 4. The first kappa shape index (κ1) is 13.0. The molecule has 0 radical (unpaired) electrons. The Labute approximate surface area is 106 Å². The molecule has 0 aromatic carbocycles. The van der Waals surface area contributed by atoms with Crippen molar-refractivity contribution in [3.63, 3.8) is 0 Å². The SMILES string of the molecule is [N-]=[N+]=N[C@@H](Cn1cnc2c(=O)[nH]cnc21)[C@H](O)CO. The first-order valence-corrected chi connectivity index (χ1v) is 5.39. The third kappa shape index (κ3) is 2.55. The van der Waals surface area contributed by atoms with Crippen molar-refractivity contribution < 1.29 is 10.2 Å². The molecule has 2 atom stereocenters. The Balaban J connectivity index is 2.37. The quantitative estimate of drug-likeness (QED) is 0.365. The lowest BCUT2D eigenvalue weighted by Crippen LogP contribution is -2.31. The van der Waals surface area contributed by atoms with Gasteiger partial charge in [-0.2, -0.15) is 0 Å². The zero-order chi connectivity index (χ0) is 13.8. The topological polar surface area (TPSA) is 153 Å². The number of nitrogens with zero attached hydrogens (tertiary/aromatic N) is 6. The van der Waals surface area contributed by atoms with E-state index in [4.69, 9.17) is 10.6 Å². The highest BCUT2D eigenvalue weighted by atomic mass is 16.3. The fourth-order valence-corrected chi connectivity index (χ4v) is 1.65. The van der Waals surface area contributed by atoms with Crippen LogP contribution in [0.3, 0.4) is 0 Å². The number of nitrogens with one attached hydrogen (secondary N) is 1. The van der Waals surface area contributed by atoms with E-state index < -0.39 is 18.8 Å². The summed E-state index contributed by atoms with van der Waals surface area (Å²) in [5, 5.41) is 21.8. The van der Waals surface area contributed by atoms with Crippen LogP contribution in [-0.2, 0) is 6.54 Å². The summed E-state index contributed by atoms with van der Waals surface area (Å²) in [5.74, 6) is 0. The summed E-state index contributed by atoms with van der Waals surface area (Å²) < 4.78 is 1.48. The van der Waals surface area contributed by atoms with Gasteiger partial charge in [0.2, 0.25) is 0 Å². The van der Waals surface area contributed by atoms with Gasteiger partial charge < -0.3 is 19.8 Å². The van der Waals surface area contributed by atoms with Gasteiger partial charge in [-0.15, -0.1) is 0 Å². The number of aliphatic hydroxyl groups excluding tert-OH is 2. The van der Waals surface area contributed by atoms with Gasteiger partial charge in [0.15, 0.2) is 11.2 Å². The van der Waals surface area contributed by atoms with E-state index in [1.165, 1.54) is 17.2 Å². The van der Waals surface area contributed by atoms with Gasteiger partial charge in [-0.1, -0.05) is 5.11 Å². The lowest BCUT2D eigenvalue weighted by molar-refractivity contribution is 0.0698. The van der Waals surface area contributed by atoms with Crippen molar-refractivity contribution in [1.82, 2.24) is 19.5 Å². The Morgan fingerprint density at radius 1 is 1.58 bits per heavy atom. The maximum atomic E-state index is 11.5. The first-order chi connectivity index (χ1) is 9.17. The highest BCUT2D eigenvalue weighted by molar-refractivity contribution is 5.68. The molecule has 0 fully saturated rings. The third-order valence-corrected chi connectivity index (χ3v) is 2.62. The molecule has 2 aromatic heterocycles. The molecule has 10 heteroatoms. The Hall–Kier alpha value is -2.42. The van der Waals surface area contributed by atoms with Crippen LogP contribution < -0.4 is 5.56 Å². The molecule has 0 bridgehead atoms. The second-order valence-electron chi connectivity index (χ2n) is 3.82. The molecule has 2 aromatic rings. The van der Waals surface area contributed by atoms with E-state index in [1.807, 2.05) is 0 Å². The molecule has 0 spiro atoms. The summed E-state index contributed by atoms with van der Waals surface area (Å²) in [6.07, 6.45) is 1.39. The summed E-state index contributed by atoms with van der Waals surface area (Å²) in [4.78, 5) is 24.3. The van der Waals surface area contributed by atoms with E-state index in [0.717, 1.165) is 0 Å². The maximum Gasteiger partial charge on any atom is 0.278 e. The van der Waals surface area contributed by atoms with Gasteiger partial charge in [-0.25, -0.2) is 9.97 Å². The summed E-state index contributed by atoms with van der Waals surface area (Å²) in [6.45, 7) is -0.483. The molecule has 10 nitrogen and oxygen atoms in total. The molecule has 3 N–H and O–H groups in total. The zero-order valence-electron chi connectivity index (χ0n) is 9.71. The molecule has 2 rings (SSSR count). The van der Waals surface area contributed by atoms with E-state index >= 15 is 0 Å². The molecule has 100 valence electrons. The number of aliphatic hydroxyl groups is 2. The van der Waals surface area contributed by atoms with Crippen LogP contribution in [0.2, 0.25) is 0 Å². The summed E-state index contributed by atoms with van der Waals surface area (Å²) >= 11 is 0. The number of imidazole rings is 1. The Bertz CT molecular complexity index is 672. The van der Waals surface area contributed by atoms with Gasteiger partial charge in [0.1, 0.15) is 0 Å². The van der Waals surface area contributed by atoms with E-state index in [1.54, 1.807) is 0 Å². The average molecular weight is 265 g/mol. The highest BCUT2D eigenvalue weighted by Crippen LogP contribution is 2.09. The molecule has 2 heterocycles. The normalized spacial score (nSPS) is 14.0. The number of hydrogen-bond donors (Lipinski definition) is 3. The number of fused-ring (bicyclic) bond motifs is 1. The van der Waals surface area contributed by atoms with Gasteiger partial charge in [-0.3, -0.25) is 4.79 Å². The third-order valence-electron chi connectivity index (χ3n) is 2.62. The number of rotatable bonds is 5. The van der Waals surface area contributed by atoms with Crippen molar-refractivity contribution in [3.05, 3.63) is 33.5 Å². The van der Waals surface area contributed by atoms with Crippen molar-refractivity contribution in [2.24, 2.45) is 5.11 Å². The van der Waals surface area contributed by atoms with Gasteiger partial charge in [0.25, 0.3) is 5.56 Å². The maximum absolute atomic E-state index is 11.5. The lowest BCUT2D eigenvalue weighted by atomic mass is 10.2. The smallest absolute Gasteiger partial charge is 0.278 e. The fourth-order valence-electron chi connectivity index (χ4n) is 1.65. The number of H-pyrrole nitrogens is 1. The fraction of sp³-hybridized carbons (Fsp3) is 0.444. The van der Waals surface area contributed by atoms with Crippen LogP contribution in [0.15, 0.2) is 22.6 Å². The van der Waals surface area contributed by atoms with Gasteiger partial charge in [0.05, 0.1) is 31.4 Å². The highest BCUT2D eigenvalue weighted by Gasteiger charge is 2.19. The van der Waals surface area contributed by atoms with Crippen molar-refractivity contribution in [2.75, 3.05) is 6.61 Å². The number of hydrogen-bond acceptors (Lipinski definition) is 6. The Morgan fingerprint density at radius 3 is 3.05 bits per heavy atom. The molecule has 0 aliphatic heterocycles. The van der Waals surface area contributed by atoms with Gasteiger partial charge in [0, 0.05) is 11.5 Å². The first-order valence-electron chi connectivity index (χ1n) is 5.39.